The molecule has 0 aliphatic carbocycles. The summed E-state index contributed by atoms with van der Waals surface area (Å²) in [5.41, 5.74) is 1.03. The minimum atomic E-state index is -3.79. The fourth-order valence-electron chi connectivity index (χ4n) is 2.27. The number of benzene rings is 1. The molecular weight excluding hydrogens is 359 g/mol. The standard InChI is InChI=1S/C17H15FN4O3S/c18-14-1-3-15(4-2-14)26(24,25)20-11-12-22-17(23)6-5-16(21-22)13-7-9-19-10-8-13/h1-10,20H,11-12H2. The van der Waals surface area contributed by atoms with E-state index in [1.54, 1.807) is 30.6 Å². The highest BCUT2D eigenvalue weighted by molar-refractivity contribution is 7.89. The Bertz CT molecular complexity index is 1050. The molecule has 1 aromatic carbocycles. The maximum absolute atomic E-state index is 12.9. The molecule has 7 nitrogen and oxygen atoms in total. The first-order valence-corrected chi connectivity index (χ1v) is 9.18. The van der Waals surface area contributed by atoms with Crippen molar-refractivity contribution < 1.29 is 12.8 Å². The van der Waals surface area contributed by atoms with Crippen LogP contribution in [0.4, 0.5) is 4.39 Å². The number of hydrogen-bond donors (Lipinski definition) is 1. The monoisotopic (exact) mass is 374 g/mol. The van der Waals surface area contributed by atoms with Gasteiger partial charge in [-0.1, -0.05) is 0 Å². The van der Waals surface area contributed by atoms with Crippen molar-refractivity contribution in [3.05, 3.63) is 77.1 Å². The molecule has 0 spiro atoms. The average Bonchev–Trinajstić information content (AvgIpc) is 2.64. The molecule has 0 aliphatic rings. The summed E-state index contributed by atoms with van der Waals surface area (Å²) in [4.78, 5) is 15.8. The van der Waals surface area contributed by atoms with Crippen LogP contribution in [-0.2, 0) is 16.6 Å². The minimum absolute atomic E-state index is 0.0353. The SMILES string of the molecule is O=c1ccc(-c2ccncc2)nn1CCNS(=O)(=O)c1ccc(F)cc1. The molecule has 1 N–H and O–H groups in total. The third-order valence-corrected chi connectivity index (χ3v) is 5.06. The van der Waals surface area contributed by atoms with Crippen molar-refractivity contribution in [1.29, 1.82) is 0 Å². The van der Waals surface area contributed by atoms with Gasteiger partial charge in [0, 0.05) is 30.6 Å². The van der Waals surface area contributed by atoms with Gasteiger partial charge in [-0.05, 0) is 42.5 Å². The molecule has 3 rings (SSSR count). The summed E-state index contributed by atoms with van der Waals surface area (Å²) in [6.45, 7) is 0.0184. The van der Waals surface area contributed by atoms with E-state index in [1.165, 1.54) is 22.9 Å². The van der Waals surface area contributed by atoms with E-state index < -0.39 is 15.8 Å². The summed E-state index contributed by atoms with van der Waals surface area (Å²) in [5, 5.41) is 4.24. The summed E-state index contributed by atoms with van der Waals surface area (Å²) in [6.07, 6.45) is 3.23. The van der Waals surface area contributed by atoms with E-state index in [0.29, 0.717) is 5.69 Å². The van der Waals surface area contributed by atoms with Crippen LogP contribution in [-0.4, -0.2) is 29.7 Å². The number of rotatable bonds is 6. The van der Waals surface area contributed by atoms with E-state index in [1.807, 2.05) is 0 Å². The van der Waals surface area contributed by atoms with Crippen LogP contribution in [0.5, 0.6) is 0 Å². The number of sulfonamides is 1. The third kappa shape index (κ3) is 4.19. The fourth-order valence-corrected chi connectivity index (χ4v) is 3.29. The Balaban J connectivity index is 1.72. The summed E-state index contributed by atoms with van der Waals surface area (Å²) in [7, 11) is -3.79. The highest BCUT2D eigenvalue weighted by atomic mass is 32.2. The molecule has 0 fully saturated rings. The molecule has 0 atom stereocenters. The minimum Gasteiger partial charge on any atom is -0.268 e. The number of pyridine rings is 1. The quantitative estimate of drug-likeness (QED) is 0.704. The smallest absolute Gasteiger partial charge is 0.266 e. The van der Waals surface area contributed by atoms with E-state index in [-0.39, 0.29) is 23.5 Å². The fraction of sp³-hybridized carbons (Fsp3) is 0.118. The van der Waals surface area contributed by atoms with Gasteiger partial charge in [0.05, 0.1) is 17.1 Å². The molecule has 26 heavy (non-hydrogen) atoms. The van der Waals surface area contributed by atoms with Crippen molar-refractivity contribution in [2.75, 3.05) is 6.54 Å². The Hall–Kier alpha value is -2.91. The van der Waals surface area contributed by atoms with Crippen molar-refractivity contribution in [1.82, 2.24) is 19.5 Å². The zero-order chi connectivity index (χ0) is 18.6. The highest BCUT2D eigenvalue weighted by Gasteiger charge is 2.13. The highest BCUT2D eigenvalue weighted by Crippen LogP contribution is 2.13. The molecule has 0 radical (unpaired) electrons. The molecule has 0 saturated heterocycles. The van der Waals surface area contributed by atoms with Gasteiger partial charge in [-0.2, -0.15) is 5.10 Å². The van der Waals surface area contributed by atoms with Crippen molar-refractivity contribution in [3.8, 4) is 11.3 Å². The molecular formula is C17H15FN4O3S. The third-order valence-electron chi connectivity index (χ3n) is 3.58. The van der Waals surface area contributed by atoms with Crippen LogP contribution in [0.1, 0.15) is 0 Å². The Morgan fingerprint density at radius 2 is 1.69 bits per heavy atom. The second-order valence-electron chi connectivity index (χ2n) is 5.37. The Morgan fingerprint density at radius 3 is 2.38 bits per heavy atom. The lowest BCUT2D eigenvalue weighted by Gasteiger charge is -2.09. The second-order valence-corrected chi connectivity index (χ2v) is 7.13. The van der Waals surface area contributed by atoms with E-state index in [4.69, 9.17) is 0 Å². The van der Waals surface area contributed by atoms with Crippen LogP contribution in [0.2, 0.25) is 0 Å². The molecule has 3 aromatic rings. The Morgan fingerprint density at radius 1 is 1.00 bits per heavy atom. The maximum Gasteiger partial charge on any atom is 0.266 e. The summed E-state index contributed by atoms with van der Waals surface area (Å²) >= 11 is 0. The largest absolute Gasteiger partial charge is 0.268 e. The normalized spacial score (nSPS) is 11.4. The van der Waals surface area contributed by atoms with Crippen molar-refractivity contribution in [2.45, 2.75) is 11.4 Å². The lowest BCUT2D eigenvalue weighted by Crippen LogP contribution is -2.32. The Labute approximate surface area is 149 Å². The molecule has 134 valence electrons. The summed E-state index contributed by atoms with van der Waals surface area (Å²) in [6, 6.07) is 11.0. The van der Waals surface area contributed by atoms with Gasteiger partial charge in [-0.25, -0.2) is 22.2 Å². The molecule has 0 bridgehead atoms. The zero-order valence-corrected chi connectivity index (χ0v) is 14.4. The molecule has 0 amide bonds. The molecule has 0 saturated carbocycles. The van der Waals surface area contributed by atoms with Gasteiger partial charge in [0.2, 0.25) is 10.0 Å². The number of nitrogens with zero attached hydrogens (tertiary/aromatic N) is 3. The molecule has 2 heterocycles. The maximum atomic E-state index is 12.9. The topological polar surface area (TPSA) is 93.9 Å². The van der Waals surface area contributed by atoms with Gasteiger partial charge in [-0.15, -0.1) is 0 Å². The van der Waals surface area contributed by atoms with E-state index in [2.05, 4.69) is 14.8 Å². The molecule has 9 heteroatoms. The van der Waals surface area contributed by atoms with Gasteiger partial charge in [0.25, 0.3) is 5.56 Å². The van der Waals surface area contributed by atoms with Crippen LogP contribution in [0.3, 0.4) is 0 Å². The van der Waals surface area contributed by atoms with Crippen LogP contribution < -0.4 is 10.3 Å². The van der Waals surface area contributed by atoms with Crippen molar-refractivity contribution in [2.24, 2.45) is 0 Å². The molecule has 2 aromatic heterocycles. The Kier molecular flexibility index (Phi) is 5.19. The van der Waals surface area contributed by atoms with Crippen LogP contribution in [0.25, 0.3) is 11.3 Å². The zero-order valence-electron chi connectivity index (χ0n) is 13.5. The second kappa shape index (κ2) is 7.54. The van der Waals surface area contributed by atoms with Gasteiger partial charge >= 0.3 is 0 Å². The first-order valence-electron chi connectivity index (χ1n) is 7.69. The van der Waals surface area contributed by atoms with Gasteiger partial charge in [0.1, 0.15) is 5.82 Å². The van der Waals surface area contributed by atoms with Crippen molar-refractivity contribution >= 4 is 10.0 Å². The number of hydrogen-bond acceptors (Lipinski definition) is 5. The average molecular weight is 374 g/mol. The first kappa shape index (κ1) is 17.9. The van der Waals surface area contributed by atoms with Gasteiger partial charge in [-0.3, -0.25) is 9.78 Å². The predicted octanol–water partition coefficient (Wildman–Crippen LogP) is 1.42. The lowest BCUT2D eigenvalue weighted by molar-refractivity contribution is 0.548. The lowest BCUT2D eigenvalue weighted by atomic mass is 10.2. The molecule has 0 unspecified atom stereocenters. The van der Waals surface area contributed by atoms with Crippen molar-refractivity contribution in [3.63, 3.8) is 0 Å². The predicted molar refractivity (Wildman–Crippen MR) is 93.3 cm³/mol. The van der Waals surface area contributed by atoms with Crippen LogP contribution in [0, 0.1) is 5.82 Å². The van der Waals surface area contributed by atoms with E-state index in [9.17, 15) is 17.6 Å². The van der Waals surface area contributed by atoms with Gasteiger partial charge in [0.15, 0.2) is 0 Å². The number of aromatic nitrogens is 3. The van der Waals surface area contributed by atoms with Crippen LogP contribution in [0.15, 0.2) is 70.6 Å². The molecule has 0 aliphatic heterocycles. The number of halogens is 1. The van der Waals surface area contributed by atoms with E-state index >= 15 is 0 Å². The number of nitrogens with one attached hydrogen (secondary N) is 1. The van der Waals surface area contributed by atoms with Gasteiger partial charge < -0.3 is 0 Å². The first-order chi connectivity index (χ1) is 12.5. The summed E-state index contributed by atoms with van der Waals surface area (Å²) in [5.74, 6) is -0.521. The van der Waals surface area contributed by atoms with Crippen LogP contribution >= 0.6 is 0 Å². The summed E-state index contributed by atoms with van der Waals surface area (Å²) < 4.78 is 40.8. The van der Waals surface area contributed by atoms with E-state index in [0.717, 1.165) is 17.7 Å².